The minimum absolute atomic E-state index is 0.0232. The van der Waals surface area contributed by atoms with Gasteiger partial charge in [-0.1, -0.05) is 25.1 Å². The Labute approximate surface area is 130 Å². The zero-order valence-corrected chi connectivity index (χ0v) is 13.3. The molecule has 22 heavy (non-hydrogen) atoms. The van der Waals surface area contributed by atoms with E-state index in [4.69, 9.17) is 4.74 Å². The highest BCUT2D eigenvalue weighted by atomic mass is 16.5. The van der Waals surface area contributed by atoms with Crippen LogP contribution in [0.2, 0.25) is 0 Å². The molecule has 1 saturated heterocycles. The van der Waals surface area contributed by atoms with Gasteiger partial charge in [0.05, 0.1) is 5.41 Å². The highest BCUT2D eigenvalue weighted by Gasteiger charge is 2.69. The highest BCUT2D eigenvalue weighted by molar-refractivity contribution is 5.98. The van der Waals surface area contributed by atoms with Crippen LogP contribution in [0.15, 0.2) is 24.3 Å². The van der Waals surface area contributed by atoms with Crippen LogP contribution in [-0.4, -0.2) is 36.4 Å². The molecule has 1 aromatic carbocycles. The average Bonchev–Trinajstić information content (AvgIpc) is 2.85. The molecule has 0 radical (unpaired) electrons. The van der Waals surface area contributed by atoms with Crippen LogP contribution in [-0.2, 0) is 16.6 Å². The van der Waals surface area contributed by atoms with Gasteiger partial charge in [-0.05, 0) is 50.6 Å². The van der Waals surface area contributed by atoms with Crippen molar-refractivity contribution in [3.8, 4) is 5.75 Å². The van der Waals surface area contributed by atoms with Gasteiger partial charge in [0.15, 0.2) is 11.9 Å². The van der Waals surface area contributed by atoms with Gasteiger partial charge in [-0.2, -0.15) is 0 Å². The molecule has 1 spiro atoms. The molecule has 2 bridgehead atoms. The summed E-state index contributed by atoms with van der Waals surface area (Å²) in [7, 11) is 2.22. The van der Waals surface area contributed by atoms with E-state index in [1.165, 1.54) is 11.1 Å². The minimum atomic E-state index is -0.325. The highest BCUT2D eigenvalue weighted by Crippen LogP contribution is 2.65. The second-order valence-electron chi connectivity index (χ2n) is 7.68. The van der Waals surface area contributed by atoms with Crippen molar-refractivity contribution in [3.63, 3.8) is 0 Å². The lowest BCUT2D eigenvalue weighted by Gasteiger charge is -2.61. The number of ketones is 1. The van der Waals surface area contributed by atoms with Crippen molar-refractivity contribution in [1.29, 1.82) is 0 Å². The minimum Gasteiger partial charge on any atom is -0.481 e. The second kappa shape index (κ2) is 3.65. The summed E-state index contributed by atoms with van der Waals surface area (Å²) in [5.41, 5.74) is 3.72. The van der Waals surface area contributed by atoms with Crippen molar-refractivity contribution in [3.05, 3.63) is 41.0 Å². The molecule has 3 nitrogen and oxygen atoms in total. The second-order valence-corrected chi connectivity index (χ2v) is 7.68. The maximum absolute atomic E-state index is 12.6. The summed E-state index contributed by atoms with van der Waals surface area (Å²) in [5.74, 6) is 1.14. The zero-order chi connectivity index (χ0) is 15.3. The molecule has 0 aromatic heterocycles. The van der Waals surface area contributed by atoms with Crippen molar-refractivity contribution >= 4 is 5.78 Å². The number of nitrogens with zero attached hydrogens (tertiary/aromatic N) is 1. The molecule has 1 aromatic rings. The molecule has 0 N–H and O–H groups in total. The van der Waals surface area contributed by atoms with Gasteiger partial charge >= 0.3 is 0 Å². The molecule has 4 aliphatic rings. The molecule has 2 unspecified atom stereocenters. The smallest absolute Gasteiger partial charge is 0.196 e. The van der Waals surface area contributed by atoms with E-state index in [0.717, 1.165) is 30.7 Å². The van der Waals surface area contributed by atoms with E-state index < -0.39 is 0 Å². The van der Waals surface area contributed by atoms with Gasteiger partial charge in [-0.15, -0.1) is 0 Å². The van der Waals surface area contributed by atoms with Crippen molar-refractivity contribution in [2.45, 2.75) is 44.2 Å². The molecule has 114 valence electrons. The maximum atomic E-state index is 12.6. The Balaban J connectivity index is 1.91. The van der Waals surface area contributed by atoms with E-state index in [-0.39, 0.29) is 22.7 Å². The van der Waals surface area contributed by atoms with Crippen LogP contribution in [0, 0.1) is 12.3 Å². The molecule has 5 rings (SSSR count). The van der Waals surface area contributed by atoms with Gasteiger partial charge in [0.25, 0.3) is 0 Å². The molecule has 1 fully saturated rings. The Bertz CT molecular complexity index is 752. The van der Waals surface area contributed by atoms with Crippen molar-refractivity contribution in [1.82, 2.24) is 4.90 Å². The van der Waals surface area contributed by atoms with Crippen molar-refractivity contribution < 1.29 is 9.53 Å². The first-order valence-corrected chi connectivity index (χ1v) is 8.22. The van der Waals surface area contributed by atoms with Crippen LogP contribution < -0.4 is 4.74 Å². The molecule has 0 amide bonds. The van der Waals surface area contributed by atoms with Crippen LogP contribution in [0.1, 0.15) is 30.0 Å². The summed E-state index contributed by atoms with van der Waals surface area (Å²) in [5, 5.41) is 0. The predicted molar refractivity (Wildman–Crippen MR) is 84.3 cm³/mol. The van der Waals surface area contributed by atoms with Gasteiger partial charge in [-0.3, -0.25) is 4.79 Å². The zero-order valence-electron chi connectivity index (χ0n) is 13.3. The third-order valence-electron chi connectivity index (χ3n) is 6.88. The van der Waals surface area contributed by atoms with Crippen molar-refractivity contribution in [2.75, 3.05) is 13.6 Å². The number of aryl methyl sites for hydroxylation is 1. The van der Waals surface area contributed by atoms with Crippen LogP contribution in [0.5, 0.6) is 5.75 Å². The number of benzene rings is 1. The number of rotatable bonds is 0. The van der Waals surface area contributed by atoms with Crippen LogP contribution in [0.4, 0.5) is 0 Å². The van der Waals surface area contributed by atoms with Gasteiger partial charge in [0.2, 0.25) is 0 Å². The number of likely N-dealkylation sites (tertiary alicyclic amines) is 1. The van der Waals surface area contributed by atoms with Gasteiger partial charge in [0.1, 0.15) is 5.75 Å². The first-order chi connectivity index (χ1) is 10.5. The number of ether oxygens (including phenoxy) is 1. The summed E-state index contributed by atoms with van der Waals surface area (Å²) < 4.78 is 6.30. The lowest BCUT2D eigenvalue weighted by Crippen LogP contribution is -2.69. The van der Waals surface area contributed by atoms with Crippen molar-refractivity contribution in [2.24, 2.45) is 5.41 Å². The Morgan fingerprint density at radius 2 is 2.18 bits per heavy atom. The fourth-order valence-electron chi connectivity index (χ4n) is 5.71. The largest absolute Gasteiger partial charge is 0.481 e. The van der Waals surface area contributed by atoms with E-state index in [0.29, 0.717) is 6.04 Å². The summed E-state index contributed by atoms with van der Waals surface area (Å²) in [6, 6.07) is 4.85. The first-order valence-electron chi connectivity index (χ1n) is 8.22. The van der Waals surface area contributed by atoms with E-state index in [1.54, 1.807) is 6.08 Å². The quantitative estimate of drug-likeness (QED) is 0.736. The third-order valence-corrected chi connectivity index (χ3v) is 6.88. The normalized spacial score (nSPS) is 41.3. The molecular formula is C19H21NO2. The van der Waals surface area contributed by atoms with E-state index in [2.05, 4.69) is 44.0 Å². The lowest BCUT2D eigenvalue weighted by molar-refractivity contribution is -0.132. The molecule has 3 heteroatoms. The van der Waals surface area contributed by atoms with Gasteiger partial charge in [0, 0.05) is 17.0 Å². The standard InChI is InChI=1S/C19H21NO2/c1-11-4-5-12-10-14-18(2)7-6-13(21)17-19(18,8-9-20(14)3)15(12)16(11)22-17/h4-7,14,17H,8-10H2,1-3H3/t14?,17?,18-,19-/m0/s1. The number of likely N-dealkylation sites (N-methyl/N-ethyl adjacent to an activating group) is 1. The number of carbonyl (C=O) groups is 1. The fourth-order valence-corrected chi connectivity index (χ4v) is 5.71. The first kappa shape index (κ1) is 12.9. The SMILES string of the molecule is Cc1ccc2c3c1OC1C(=O)C=C[C@@]4(C)C(C2)N(C)CC[C@]314. The van der Waals surface area contributed by atoms with Crippen LogP contribution >= 0.6 is 0 Å². The topological polar surface area (TPSA) is 29.5 Å². The summed E-state index contributed by atoms with van der Waals surface area (Å²) in [6.07, 6.45) is 5.69. The molecule has 2 aliphatic heterocycles. The summed E-state index contributed by atoms with van der Waals surface area (Å²) in [6.45, 7) is 5.47. The fraction of sp³-hybridized carbons (Fsp3) is 0.526. The van der Waals surface area contributed by atoms with E-state index in [9.17, 15) is 4.79 Å². The average molecular weight is 295 g/mol. The van der Waals surface area contributed by atoms with E-state index >= 15 is 0 Å². The number of hydrogen-bond acceptors (Lipinski definition) is 3. The molecular weight excluding hydrogens is 274 g/mol. The number of piperidine rings is 1. The van der Waals surface area contributed by atoms with Crippen LogP contribution in [0.3, 0.4) is 0 Å². The Hall–Kier alpha value is -1.61. The van der Waals surface area contributed by atoms with Gasteiger partial charge in [-0.25, -0.2) is 0 Å². The summed E-state index contributed by atoms with van der Waals surface area (Å²) in [4.78, 5) is 15.1. The number of carbonyl (C=O) groups excluding carboxylic acids is 1. The molecule has 2 heterocycles. The van der Waals surface area contributed by atoms with E-state index in [1.807, 2.05) is 0 Å². The lowest BCUT2D eigenvalue weighted by atomic mass is 9.46. The van der Waals surface area contributed by atoms with Gasteiger partial charge < -0.3 is 9.64 Å². The Morgan fingerprint density at radius 3 is 3.00 bits per heavy atom. The third kappa shape index (κ3) is 1.12. The Kier molecular flexibility index (Phi) is 2.14. The predicted octanol–water partition coefficient (Wildman–Crippen LogP) is 2.40. The monoisotopic (exact) mass is 295 g/mol. The maximum Gasteiger partial charge on any atom is 0.196 e. The molecule has 0 saturated carbocycles. The Morgan fingerprint density at radius 1 is 1.36 bits per heavy atom. The summed E-state index contributed by atoms with van der Waals surface area (Å²) >= 11 is 0. The molecule has 2 aliphatic carbocycles. The number of hydrogen-bond donors (Lipinski definition) is 0. The van der Waals surface area contributed by atoms with Crippen LogP contribution in [0.25, 0.3) is 0 Å². The molecule has 4 atom stereocenters.